The highest BCUT2D eigenvalue weighted by molar-refractivity contribution is 5.81. The van der Waals surface area contributed by atoms with Gasteiger partial charge in [0.05, 0.1) is 0 Å². The minimum absolute atomic E-state index is 0.128. The molecule has 0 radical (unpaired) electrons. The molecule has 1 aromatic rings. The predicted octanol–water partition coefficient (Wildman–Crippen LogP) is 2.18. The second kappa shape index (κ2) is 5.87. The van der Waals surface area contributed by atoms with E-state index in [-0.39, 0.29) is 23.4 Å². The molecule has 3 saturated heterocycles. The molecule has 3 fully saturated rings. The van der Waals surface area contributed by atoms with Crippen LogP contribution < -0.4 is 0 Å². The quantitative estimate of drug-likeness (QED) is 0.856. The van der Waals surface area contributed by atoms with Gasteiger partial charge in [0.1, 0.15) is 11.9 Å². The smallest absolute Gasteiger partial charge is 0.251 e. The molecule has 3 aliphatic heterocycles. The molecule has 0 saturated carbocycles. The van der Waals surface area contributed by atoms with Gasteiger partial charge in [-0.05, 0) is 43.4 Å². The third-order valence-corrected chi connectivity index (χ3v) is 5.65. The summed E-state index contributed by atoms with van der Waals surface area (Å²) in [5.74, 6) is -0.0192. The van der Waals surface area contributed by atoms with Gasteiger partial charge in [0.25, 0.3) is 5.91 Å². The summed E-state index contributed by atoms with van der Waals surface area (Å²) in [5, 5.41) is 0. The van der Waals surface area contributed by atoms with Gasteiger partial charge in [-0.25, -0.2) is 4.39 Å². The Morgan fingerprint density at radius 1 is 1.26 bits per heavy atom. The van der Waals surface area contributed by atoms with Crippen LogP contribution >= 0.6 is 0 Å². The highest BCUT2D eigenvalue weighted by Gasteiger charge is 2.50. The molecule has 0 aliphatic carbocycles. The Hall–Kier alpha value is -1.46. The lowest BCUT2D eigenvalue weighted by molar-refractivity contribution is -0.141. The van der Waals surface area contributed by atoms with Gasteiger partial charge in [0, 0.05) is 38.3 Å². The lowest BCUT2D eigenvalue weighted by Crippen LogP contribution is -2.61. The Morgan fingerprint density at radius 2 is 2.04 bits per heavy atom. The van der Waals surface area contributed by atoms with Crippen molar-refractivity contribution < 1.29 is 13.9 Å². The largest absolute Gasteiger partial charge is 0.368 e. The van der Waals surface area contributed by atoms with Gasteiger partial charge < -0.3 is 9.64 Å². The fourth-order valence-corrected chi connectivity index (χ4v) is 4.13. The van der Waals surface area contributed by atoms with Crippen molar-refractivity contribution in [3.63, 3.8) is 0 Å². The molecule has 0 aromatic heterocycles. The summed E-state index contributed by atoms with van der Waals surface area (Å²) < 4.78 is 18.6. The lowest BCUT2D eigenvalue weighted by Gasteiger charge is -2.51. The molecule has 124 valence electrons. The van der Waals surface area contributed by atoms with Crippen LogP contribution in [0.5, 0.6) is 0 Å². The van der Waals surface area contributed by atoms with Crippen LogP contribution in [-0.2, 0) is 16.1 Å². The molecule has 3 aliphatic rings. The van der Waals surface area contributed by atoms with Crippen LogP contribution in [-0.4, -0.2) is 53.6 Å². The summed E-state index contributed by atoms with van der Waals surface area (Å²) in [4.78, 5) is 17.0. The van der Waals surface area contributed by atoms with E-state index in [1.807, 2.05) is 17.0 Å². The number of halogens is 1. The first-order valence-electron chi connectivity index (χ1n) is 8.56. The van der Waals surface area contributed by atoms with Crippen molar-refractivity contribution in [1.82, 2.24) is 9.80 Å². The minimum atomic E-state index is -0.212. The number of hydrogen-bond acceptors (Lipinski definition) is 3. The number of carbonyl (C=O) groups is 1. The number of nitrogens with zero attached hydrogens (tertiary/aromatic N) is 2. The molecule has 1 spiro atoms. The number of benzene rings is 1. The number of ether oxygens (including phenoxy) is 1. The summed E-state index contributed by atoms with van der Waals surface area (Å²) in [6.45, 7) is 4.25. The Kier molecular flexibility index (Phi) is 3.85. The minimum Gasteiger partial charge on any atom is -0.368 e. The zero-order valence-corrected chi connectivity index (χ0v) is 13.3. The van der Waals surface area contributed by atoms with E-state index in [2.05, 4.69) is 4.90 Å². The molecule has 0 N–H and O–H groups in total. The zero-order valence-electron chi connectivity index (χ0n) is 13.3. The molecule has 3 heterocycles. The van der Waals surface area contributed by atoms with Crippen molar-refractivity contribution in [1.29, 1.82) is 0 Å². The van der Waals surface area contributed by atoms with Gasteiger partial charge in [0.15, 0.2) is 0 Å². The molecule has 1 amide bonds. The Labute approximate surface area is 136 Å². The topological polar surface area (TPSA) is 32.8 Å². The number of carbonyl (C=O) groups excluding carboxylic acids is 1. The zero-order chi connectivity index (χ0) is 15.9. The van der Waals surface area contributed by atoms with Crippen LogP contribution in [0.4, 0.5) is 4.39 Å². The fourth-order valence-electron chi connectivity index (χ4n) is 4.13. The molecule has 5 heteroatoms. The summed E-state index contributed by atoms with van der Waals surface area (Å²) in [5.41, 5.74) is 1.26. The van der Waals surface area contributed by atoms with Crippen LogP contribution in [0.2, 0.25) is 0 Å². The number of hydrogen-bond donors (Lipinski definition) is 0. The van der Waals surface area contributed by atoms with Crippen LogP contribution in [0, 0.1) is 5.82 Å². The second-order valence-corrected chi connectivity index (χ2v) is 7.03. The summed E-state index contributed by atoms with van der Waals surface area (Å²) in [6, 6.07) is 6.74. The van der Waals surface area contributed by atoms with Crippen molar-refractivity contribution in [3.8, 4) is 0 Å². The number of rotatable bonds is 3. The third kappa shape index (κ3) is 2.76. The second-order valence-electron chi connectivity index (χ2n) is 7.03. The van der Waals surface area contributed by atoms with Gasteiger partial charge in [0.2, 0.25) is 0 Å². The van der Waals surface area contributed by atoms with Gasteiger partial charge in [-0.1, -0.05) is 12.1 Å². The SMILES string of the molecule is O=C(C1CCCO1)N1CCC2(CCN2Cc2ccc(F)cc2)C1. The van der Waals surface area contributed by atoms with Gasteiger partial charge in [-0.3, -0.25) is 9.69 Å². The van der Waals surface area contributed by atoms with Crippen molar-refractivity contribution >= 4 is 5.91 Å². The van der Waals surface area contributed by atoms with Gasteiger partial charge in [-0.2, -0.15) is 0 Å². The third-order valence-electron chi connectivity index (χ3n) is 5.65. The first-order chi connectivity index (χ1) is 11.2. The monoisotopic (exact) mass is 318 g/mol. The first-order valence-corrected chi connectivity index (χ1v) is 8.56. The molecule has 4 rings (SSSR count). The number of likely N-dealkylation sites (tertiary alicyclic amines) is 2. The molecular formula is C18H23FN2O2. The maximum Gasteiger partial charge on any atom is 0.251 e. The van der Waals surface area contributed by atoms with Crippen LogP contribution in [0.1, 0.15) is 31.2 Å². The van der Waals surface area contributed by atoms with E-state index in [0.29, 0.717) is 6.61 Å². The van der Waals surface area contributed by atoms with Crippen LogP contribution in [0.3, 0.4) is 0 Å². The Balaban J connectivity index is 1.39. The Morgan fingerprint density at radius 3 is 2.70 bits per heavy atom. The normalized spacial score (nSPS) is 30.8. The average molecular weight is 318 g/mol. The average Bonchev–Trinajstić information content (AvgIpc) is 3.23. The molecule has 1 aromatic carbocycles. The van der Waals surface area contributed by atoms with Crippen LogP contribution in [0.15, 0.2) is 24.3 Å². The van der Waals surface area contributed by atoms with E-state index in [1.54, 1.807) is 0 Å². The van der Waals surface area contributed by atoms with Crippen LogP contribution in [0.25, 0.3) is 0 Å². The predicted molar refractivity (Wildman–Crippen MR) is 84.3 cm³/mol. The Bertz CT molecular complexity index is 585. The maximum absolute atomic E-state index is 13.0. The molecule has 0 bridgehead atoms. The van der Waals surface area contributed by atoms with E-state index in [4.69, 9.17) is 4.74 Å². The molecule has 2 unspecified atom stereocenters. The maximum atomic E-state index is 13.0. The molecule has 23 heavy (non-hydrogen) atoms. The summed E-state index contributed by atoms with van der Waals surface area (Å²) in [6.07, 6.45) is 3.82. The van der Waals surface area contributed by atoms with Gasteiger partial charge >= 0.3 is 0 Å². The number of amides is 1. The summed E-state index contributed by atoms with van der Waals surface area (Å²) >= 11 is 0. The first kappa shape index (κ1) is 15.1. The van der Waals surface area contributed by atoms with Crippen molar-refractivity contribution in [3.05, 3.63) is 35.6 Å². The fraction of sp³-hybridized carbons (Fsp3) is 0.611. The highest BCUT2D eigenvalue weighted by atomic mass is 19.1. The highest BCUT2D eigenvalue weighted by Crippen LogP contribution is 2.40. The molecular weight excluding hydrogens is 295 g/mol. The van der Waals surface area contributed by atoms with E-state index in [1.165, 1.54) is 12.1 Å². The van der Waals surface area contributed by atoms with E-state index in [0.717, 1.165) is 57.4 Å². The lowest BCUT2D eigenvalue weighted by atomic mass is 9.83. The van der Waals surface area contributed by atoms with E-state index in [9.17, 15) is 9.18 Å². The van der Waals surface area contributed by atoms with Gasteiger partial charge in [-0.15, -0.1) is 0 Å². The molecule has 4 nitrogen and oxygen atoms in total. The van der Waals surface area contributed by atoms with E-state index >= 15 is 0 Å². The van der Waals surface area contributed by atoms with Crippen molar-refractivity contribution in [2.75, 3.05) is 26.2 Å². The van der Waals surface area contributed by atoms with Crippen molar-refractivity contribution in [2.24, 2.45) is 0 Å². The molecule has 2 atom stereocenters. The summed E-state index contributed by atoms with van der Waals surface area (Å²) in [7, 11) is 0. The standard InChI is InChI=1S/C18H23FN2O2/c19-15-5-3-14(4-6-15)12-21-10-8-18(21)7-9-20(13-18)17(22)16-2-1-11-23-16/h3-6,16H,1-2,7-13H2. The van der Waals surface area contributed by atoms with E-state index < -0.39 is 0 Å². The van der Waals surface area contributed by atoms with Crippen molar-refractivity contribution in [2.45, 2.75) is 43.9 Å².